The maximum atomic E-state index is 12.5. The molecule has 4 amide bonds. The monoisotopic (exact) mass is 385 g/mol. The van der Waals surface area contributed by atoms with Crippen LogP contribution in [0.2, 0.25) is 0 Å². The lowest BCUT2D eigenvalue weighted by Crippen LogP contribution is -2.68. The fourth-order valence-electron chi connectivity index (χ4n) is 2.72. The number of carboxylic acids is 1. The molecule has 1 saturated heterocycles. The second-order valence-electron chi connectivity index (χ2n) is 6.29. The molecule has 0 bridgehead atoms. The minimum atomic E-state index is -1.23. The van der Waals surface area contributed by atoms with E-state index < -0.39 is 36.0 Å². The Morgan fingerprint density at radius 1 is 1.30 bits per heavy atom. The zero-order valence-corrected chi connectivity index (χ0v) is 15.8. The number of amides is 4. The van der Waals surface area contributed by atoms with Crippen molar-refractivity contribution >= 4 is 24.0 Å². The number of methoxy groups -OCH3 is 1. The first kappa shape index (κ1) is 22.1. The highest BCUT2D eigenvalue weighted by Crippen LogP contribution is 2.31. The lowest BCUT2D eigenvalue weighted by Gasteiger charge is -2.44. The molecule has 0 spiro atoms. The summed E-state index contributed by atoms with van der Waals surface area (Å²) in [6, 6.07) is -1.91. The predicted octanol–water partition coefficient (Wildman–Crippen LogP) is -0.552. The maximum absolute atomic E-state index is 12.5. The first-order valence-corrected chi connectivity index (χ1v) is 8.40. The van der Waals surface area contributed by atoms with Gasteiger partial charge in [-0.3, -0.25) is 4.79 Å². The average Bonchev–Trinajstić information content (AvgIpc) is 2.61. The molecule has 1 aliphatic heterocycles. The molecule has 0 saturated carbocycles. The van der Waals surface area contributed by atoms with Gasteiger partial charge >= 0.3 is 18.1 Å². The zero-order valence-electron chi connectivity index (χ0n) is 15.8. The molecule has 27 heavy (non-hydrogen) atoms. The Morgan fingerprint density at radius 3 is 2.41 bits per heavy atom. The molecule has 1 heterocycles. The third-order valence-corrected chi connectivity index (χ3v) is 4.30. The molecule has 0 radical (unpaired) electrons. The van der Waals surface area contributed by atoms with Crippen LogP contribution in [0.5, 0.6) is 0 Å². The van der Waals surface area contributed by atoms with Crippen LogP contribution in [0.4, 0.5) is 9.59 Å². The van der Waals surface area contributed by atoms with E-state index in [-0.39, 0.29) is 13.1 Å². The van der Waals surface area contributed by atoms with Gasteiger partial charge in [-0.2, -0.15) is 0 Å². The highest BCUT2D eigenvalue weighted by Gasteiger charge is 2.54. The molecular formula is C16H27N5O6. The second kappa shape index (κ2) is 9.64. The van der Waals surface area contributed by atoms with Gasteiger partial charge in [-0.25, -0.2) is 19.3 Å². The Balaban J connectivity index is 2.62. The van der Waals surface area contributed by atoms with Crippen molar-refractivity contribution in [3.63, 3.8) is 0 Å². The lowest BCUT2D eigenvalue weighted by atomic mass is 9.84. The van der Waals surface area contributed by atoms with Crippen molar-refractivity contribution in [3.05, 3.63) is 12.4 Å². The third-order valence-electron chi connectivity index (χ3n) is 4.30. The summed E-state index contributed by atoms with van der Waals surface area (Å²) in [5.41, 5.74) is 5.37. The van der Waals surface area contributed by atoms with Gasteiger partial charge in [-0.05, 0) is 12.8 Å². The number of hydrogen-bond donors (Lipinski definition) is 3. The van der Waals surface area contributed by atoms with Crippen LogP contribution in [-0.4, -0.2) is 90.7 Å². The number of hydrogen-bond acceptors (Lipinski definition) is 7. The molecule has 1 unspecified atom stereocenters. The minimum Gasteiger partial charge on any atom is -0.480 e. The fourth-order valence-corrected chi connectivity index (χ4v) is 2.72. The molecule has 4 N–H and O–H groups in total. The number of rotatable bonds is 9. The quantitative estimate of drug-likeness (QED) is 0.354. The number of nitrogens with one attached hydrogen (secondary N) is 1. The lowest BCUT2D eigenvalue weighted by molar-refractivity contribution is -0.166. The standard InChI is InChI=1S/C16H27N5O6/c1-10(17)18-7-5-6-11-12(14(23)24)21(13(11)22)15(25)19(2)8-9-20(3)16(26)27-4/h11-12,18H,1,5-9,17H2,2-4H3,(H,23,24)/t11-,12?/m1/s1. The summed E-state index contributed by atoms with van der Waals surface area (Å²) in [4.78, 5) is 50.8. The Kier molecular flexibility index (Phi) is 7.88. The minimum absolute atomic E-state index is 0.119. The molecule has 0 aliphatic carbocycles. The van der Waals surface area contributed by atoms with Crippen molar-refractivity contribution < 1.29 is 29.0 Å². The largest absolute Gasteiger partial charge is 0.480 e. The first-order chi connectivity index (χ1) is 12.6. The number of likely N-dealkylation sites (tertiary alicyclic amines) is 1. The summed E-state index contributed by atoms with van der Waals surface area (Å²) in [7, 11) is 4.17. The molecule has 1 rings (SSSR count). The van der Waals surface area contributed by atoms with Gasteiger partial charge in [0.15, 0.2) is 6.04 Å². The second-order valence-corrected chi connectivity index (χ2v) is 6.29. The number of carboxylic acid groups (broad SMARTS) is 1. The van der Waals surface area contributed by atoms with Crippen molar-refractivity contribution in [1.82, 2.24) is 20.0 Å². The van der Waals surface area contributed by atoms with E-state index in [1.54, 1.807) is 0 Å². The summed E-state index contributed by atoms with van der Waals surface area (Å²) < 4.78 is 4.55. The molecular weight excluding hydrogens is 358 g/mol. The summed E-state index contributed by atoms with van der Waals surface area (Å²) in [5.74, 6) is -2.22. The van der Waals surface area contributed by atoms with E-state index in [1.165, 1.54) is 31.0 Å². The molecule has 11 nitrogen and oxygen atoms in total. The number of urea groups is 1. The highest BCUT2D eigenvalue weighted by atomic mass is 16.5. The van der Waals surface area contributed by atoms with E-state index in [2.05, 4.69) is 16.6 Å². The van der Waals surface area contributed by atoms with Crippen LogP contribution in [0.15, 0.2) is 12.4 Å². The molecule has 0 aromatic rings. The average molecular weight is 385 g/mol. The summed E-state index contributed by atoms with van der Waals surface area (Å²) in [6.07, 6.45) is 0.264. The summed E-state index contributed by atoms with van der Waals surface area (Å²) >= 11 is 0. The van der Waals surface area contributed by atoms with E-state index in [9.17, 15) is 24.3 Å². The number of likely N-dealkylation sites (N-methyl/N-ethyl adjacent to an activating group) is 2. The Morgan fingerprint density at radius 2 is 1.89 bits per heavy atom. The van der Waals surface area contributed by atoms with Crippen molar-refractivity contribution in [1.29, 1.82) is 0 Å². The number of β-lactam (4-membered cyclic amide) rings is 1. The molecule has 152 valence electrons. The van der Waals surface area contributed by atoms with Crippen LogP contribution in [-0.2, 0) is 14.3 Å². The van der Waals surface area contributed by atoms with E-state index in [0.29, 0.717) is 25.2 Å². The highest BCUT2D eigenvalue weighted by molar-refractivity contribution is 6.07. The Bertz CT molecular complexity index is 610. The van der Waals surface area contributed by atoms with Crippen molar-refractivity contribution in [2.75, 3.05) is 40.8 Å². The smallest absolute Gasteiger partial charge is 0.409 e. The van der Waals surface area contributed by atoms with Crippen molar-refractivity contribution in [3.8, 4) is 0 Å². The van der Waals surface area contributed by atoms with Crippen LogP contribution in [0.1, 0.15) is 12.8 Å². The van der Waals surface area contributed by atoms with Gasteiger partial charge in [-0.15, -0.1) is 0 Å². The van der Waals surface area contributed by atoms with Crippen molar-refractivity contribution in [2.24, 2.45) is 11.7 Å². The zero-order chi connectivity index (χ0) is 20.7. The van der Waals surface area contributed by atoms with E-state index in [4.69, 9.17) is 5.73 Å². The molecule has 1 aliphatic rings. The fraction of sp³-hybridized carbons (Fsp3) is 0.625. The van der Waals surface area contributed by atoms with E-state index in [0.717, 1.165) is 4.90 Å². The first-order valence-electron chi connectivity index (χ1n) is 8.40. The Hall–Kier alpha value is -2.98. The normalized spacial score (nSPS) is 18.3. The summed E-state index contributed by atoms with van der Waals surface area (Å²) in [5, 5.41) is 12.2. The summed E-state index contributed by atoms with van der Waals surface area (Å²) in [6.45, 7) is 4.23. The number of nitrogens with zero attached hydrogens (tertiary/aromatic N) is 3. The number of carbonyl (C=O) groups is 4. The number of nitrogens with two attached hydrogens (primary N) is 1. The van der Waals surface area contributed by atoms with Crippen LogP contribution >= 0.6 is 0 Å². The topological polar surface area (TPSA) is 146 Å². The van der Waals surface area contributed by atoms with Gasteiger partial charge in [0.1, 0.15) is 0 Å². The van der Waals surface area contributed by atoms with Crippen LogP contribution in [0, 0.1) is 5.92 Å². The third kappa shape index (κ3) is 5.50. The maximum Gasteiger partial charge on any atom is 0.409 e. The van der Waals surface area contributed by atoms with Gasteiger partial charge in [-0.1, -0.05) is 6.58 Å². The van der Waals surface area contributed by atoms with E-state index in [1.807, 2.05) is 0 Å². The van der Waals surface area contributed by atoms with Crippen LogP contribution in [0.25, 0.3) is 0 Å². The number of ether oxygens (including phenoxy) is 1. The number of carbonyl (C=O) groups excluding carboxylic acids is 3. The molecule has 0 aromatic heterocycles. The Labute approximate surface area is 157 Å². The SMILES string of the molecule is C=C(N)NCCC[C@H]1C(=O)N(C(=O)N(C)CCN(C)C(=O)OC)C1C(=O)O. The number of imide groups is 1. The van der Waals surface area contributed by atoms with Gasteiger partial charge in [0.25, 0.3) is 0 Å². The van der Waals surface area contributed by atoms with E-state index >= 15 is 0 Å². The molecule has 2 atom stereocenters. The molecule has 11 heteroatoms. The van der Waals surface area contributed by atoms with Crippen LogP contribution in [0.3, 0.4) is 0 Å². The van der Waals surface area contributed by atoms with Gasteiger partial charge in [0.05, 0.1) is 18.8 Å². The molecule has 0 aromatic carbocycles. The molecule has 1 fully saturated rings. The van der Waals surface area contributed by atoms with Gasteiger partial charge in [0, 0.05) is 33.7 Å². The van der Waals surface area contributed by atoms with Gasteiger partial charge < -0.3 is 30.7 Å². The van der Waals surface area contributed by atoms with Crippen LogP contribution < -0.4 is 11.1 Å². The number of aliphatic carboxylic acids is 1. The van der Waals surface area contributed by atoms with Gasteiger partial charge in [0.2, 0.25) is 5.91 Å². The van der Waals surface area contributed by atoms with Crippen molar-refractivity contribution in [2.45, 2.75) is 18.9 Å². The predicted molar refractivity (Wildman–Crippen MR) is 95.4 cm³/mol.